The minimum Gasteiger partial charge on any atom is -0.308 e. The quantitative estimate of drug-likeness (QED) is 0.167. The van der Waals surface area contributed by atoms with Gasteiger partial charge in [-0.15, -0.1) is 11.3 Å². The summed E-state index contributed by atoms with van der Waals surface area (Å²) in [7, 11) is 0. The number of rotatable bonds is 6. The highest BCUT2D eigenvalue weighted by atomic mass is 32.1. The Bertz CT molecular complexity index is 4470. The summed E-state index contributed by atoms with van der Waals surface area (Å²) in [6.45, 7) is 0. The number of fused-ring (bicyclic) bond motifs is 13. The van der Waals surface area contributed by atoms with E-state index in [9.17, 15) is 0 Å². The van der Waals surface area contributed by atoms with Gasteiger partial charge in [0.1, 0.15) is 0 Å². The van der Waals surface area contributed by atoms with Crippen molar-refractivity contribution in [2.24, 2.45) is 0 Å². The fraction of sp³-hybridized carbons (Fsp3) is 0. The largest absolute Gasteiger partial charge is 0.308 e. The molecule has 0 radical (unpaired) electrons. The maximum Gasteiger partial charge on any atom is 0.165 e. The van der Waals surface area contributed by atoms with Gasteiger partial charge in [0.05, 0.1) is 44.5 Å². The molecule has 0 unspecified atom stereocenters. The Morgan fingerprint density at radius 3 is 1.40 bits per heavy atom. The Morgan fingerprint density at radius 1 is 0.314 bits per heavy atom. The number of aromatic nitrogens is 6. The molecule has 10 aromatic carbocycles. The van der Waals surface area contributed by atoms with Crippen molar-refractivity contribution in [1.29, 1.82) is 0 Å². The number of nitrogens with zero attached hydrogens (tertiary/aromatic N) is 6. The third-order valence-electron chi connectivity index (χ3n) is 14.1. The molecule has 6 nitrogen and oxygen atoms in total. The molecule has 0 bridgehead atoms. The van der Waals surface area contributed by atoms with Crippen LogP contribution >= 0.6 is 11.3 Å². The van der Waals surface area contributed by atoms with Gasteiger partial charge < -0.3 is 13.7 Å². The monoisotopic (exact) mass is 910 g/mol. The SMILES string of the molecule is c1ccc(-c2nc(-c3ccccc3)nc(-c3ccc(-n4c5ccccc5c5cc(-n6c7ccccc7c7ccccc76)c6c(c7ccccc7n6-c6ccccc6)c54)c4c3sc3ccccc34)n2)cc1. The predicted molar refractivity (Wildman–Crippen MR) is 292 cm³/mol. The Labute approximate surface area is 405 Å². The molecule has 7 heteroatoms. The van der Waals surface area contributed by atoms with E-state index < -0.39 is 0 Å². The first-order valence-corrected chi connectivity index (χ1v) is 24.4. The van der Waals surface area contributed by atoms with Gasteiger partial charge in [-0.2, -0.15) is 0 Å². The zero-order valence-corrected chi connectivity index (χ0v) is 38.3. The lowest BCUT2D eigenvalue weighted by atomic mass is 10.0. The Hall–Kier alpha value is -9.17. The van der Waals surface area contributed by atoms with Crippen LogP contribution in [0.2, 0.25) is 0 Å². The molecule has 5 aromatic heterocycles. The average Bonchev–Trinajstić information content (AvgIpc) is 4.18. The summed E-state index contributed by atoms with van der Waals surface area (Å²) in [5, 5.41) is 9.57. The van der Waals surface area contributed by atoms with Crippen molar-refractivity contribution in [3.8, 4) is 51.2 Å². The second-order valence-electron chi connectivity index (χ2n) is 17.9. The highest BCUT2D eigenvalue weighted by molar-refractivity contribution is 7.26. The molecule has 0 aliphatic rings. The van der Waals surface area contributed by atoms with Crippen molar-refractivity contribution < 1.29 is 0 Å². The van der Waals surface area contributed by atoms with Crippen LogP contribution in [0.15, 0.2) is 231 Å². The maximum absolute atomic E-state index is 5.27. The third-order valence-corrected chi connectivity index (χ3v) is 15.3. The lowest BCUT2D eigenvalue weighted by Gasteiger charge is -2.17. The van der Waals surface area contributed by atoms with E-state index in [1.165, 1.54) is 53.4 Å². The van der Waals surface area contributed by atoms with E-state index in [0.29, 0.717) is 17.5 Å². The van der Waals surface area contributed by atoms with Crippen LogP contribution in [-0.4, -0.2) is 28.7 Å². The molecule has 0 N–H and O–H groups in total. The summed E-state index contributed by atoms with van der Waals surface area (Å²) in [6.07, 6.45) is 0. The van der Waals surface area contributed by atoms with Gasteiger partial charge in [-0.1, -0.05) is 170 Å². The summed E-state index contributed by atoms with van der Waals surface area (Å²) in [5.41, 5.74) is 13.1. The molecule has 0 saturated heterocycles. The molecule has 15 rings (SSSR count). The van der Waals surface area contributed by atoms with Crippen molar-refractivity contribution in [3.05, 3.63) is 231 Å². The van der Waals surface area contributed by atoms with Crippen LogP contribution in [0.3, 0.4) is 0 Å². The van der Waals surface area contributed by atoms with Crippen molar-refractivity contribution in [3.63, 3.8) is 0 Å². The summed E-state index contributed by atoms with van der Waals surface area (Å²) in [4.78, 5) is 15.6. The van der Waals surface area contributed by atoms with Gasteiger partial charge in [-0.25, -0.2) is 15.0 Å². The fourth-order valence-corrected chi connectivity index (χ4v) is 12.4. The molecule has 0 saturated carbocycles. The summed E-state index contributed by atoms with van der Waals surface area (Å²) < 4.78 is 9.86. The molecule has 0 fully saturated rings. The molecular weight excluding hydrogens is 873 g/mol. The minimum absolute atomic E-state index is 0.640. The standard InChI is InChI=1S/C63H38N6S/c1-4-20-39(21-5-1)61-64-62(40-22-6-2-7-23-40)66-63(65-61)47-36-37-53(56-46-30-14-19-35-55(46)70-60(47)56)69-51-33-17-12-28-44(51)48-38-54(68-49-31-15-10-26-42(49)43-27-11-16-32-50(43)68)59-57(58(48)69)45-29-13-18-34-52(45)67(59)41-24-8-3-9-25-41/h1-38H. The molecule has 0 aliphatic heterocycles. The van der Waals surface area contributed by atoms with Gasteiger partial charge in [-0.3, -0.25) is 0 Å². The van der Waals surface area contributed by atoms with Gasteiger partial charge >= 0.3 is 0 Å². The first-order valence-electron chi connectivity index (χ1n) is 23.6. The number of para-hydroxylation sites is 5. The van der Waals surface area contributed by atoms with Crippen LogP contribution in [0.1, 0.15) is 0 Å². The highest BCUT2D eigenvalue weighted by Gasteiger charge is 2.28. The van der Waals surface area contributed by atoms with Crippen LogP contribution in [0.4, 0.5) is 0 Å². The summed E-state index contributed by atoms with van der Waals surface area (Å²) in [6, 6.07) is 82.6. The highest BCUT2D eigenvalue weighted by Crippen LogP contribution is 2.49. The Balaban J connectivity index is 1.11. The van der Waals surface area contributed by atoms with E-state index in [-0.39, 0.29) is 0 Å². The summed E-state index contributed by atoms with van der Waals surface area (Å²) >= 11 is 1.80. The van der Waals surface area contributed by atoms with Gasteiger partial charge in [0.15, 0.2) is 17.5 Å². The second-order valence-corrected chi connectivity index (χ2v) is 19.0. The van der Waals surface area contributed by atoms with E-state index in [1.807, 2.05) is 36.4 Å². The second kappa shape index (κ2) is 15.2. The first-order chi connectivity index (χ1) is 34.8. The van der Waals surface area contributed by atoms with E-state index >= 15 is 0 Å². The van der Waals surface area contributed by atoms with Crippen molar-refractivity contribution in [2.45, 2.75) is 0 Å². The Morgan fingerprint density at radius 2 is 0.786 bits per heavy atom. The number of hydrogen-bond donors (Lipinski definition) is 0. The smallest absolute Gasteiger partial charge is 0.165 e. The van der Waals surface area contributed by atoms with Gasteiger partial charge in [-0.05, 0) is 60.7 Å². The van der Waals surface area contributed by atoms with Crippen LogP contribution < -0.4 is 0 Å². The van der Waals surface area contributed by atoms with Crippen LogP contribution in [0.5, 0.6) is 0 Å². The Kier molecular flexibility index (Phi) is 8.43. The minimum atomic E-state index is 0.640. The van der Waals surface area contributed by atoms with E-state index in [4.69, 9.17) is 15.0 Å². The van der Waals surface area contributed by atoms with Crippen molar-refractivity contribution in [2.75, 3.05) is 0 Å². The molecule has 0 aliphatic carbocycles. The van der Waals surface area contributed by atoms with E-state index in [2.05, 4.69) is 208 Å². The topological polar surface area (TPSA) is 53.5 Å². The average molecular weight is 911 g/mol. The number of hydrogen-bond acceptors (Lipinski definition) is 4. The van der Waals surface area contributed by atoms with E-state index in [1.54, 1.807) is 11.3 Å². The van der Waals surface area contributed by atoms with Gasteiger partial charge in [0, 0.05) is 74.9 Å². The van der Waals surface area contributed by atoms with Crippen LogP contribution in [-0.2, 0) is 0 Å². The molecule has 326 valence electrons. The van der Waals surface area contributed by atoms with E-state index in [0.717, 1.165) is 65.9 Å². The molecular formula is C63H38N6S. The normalized spacial score (nSPS) is 12.0. The zero-order chi connectivity index (χ0) is 45.9. The lowest BCUT2D eigenvalue weighted by Crippen LogP contribution is -2.02. The molecule has 0 atom stereocenters. The van der Waals surface area contributed by atoms with Crippen molar-refractivity contribution >= 4 is 96.9 Å². The maximum atomic E-state index is 5.27. The summed E-state index contributed by atoms with van der Waals surface area (Å²) in [5.74, 6) is 1.92. The number of thiophene rings is 1. The van der Waals surface area contributed by atoms with Crippen LogP contribution in [0, 0.1) is 0 Å². The number of benzene rings is 10. The fourth-order valence-electron chi connectivity index (χ4n) is 11.1. The van der Waals surface area contributed by atoms with Crippen molar-refractivity contribution in [1.82, 2.24) is 28.7 Å². The van der Waals surface area contributed by atoms with Gasteiger partial charge in [0.25, 0.3) is 0 Å². The van der Waals surface area contributed by atoms with Gasteiger partial charge in [0.2, 0.25) is 0 Å². The molecule has 15 aromatic rings. The molecule has 0 amide bonds. The first kappa shape index (κ1) is 38.9. The van der Waals surface area contributed by atoms with Crippen LogP contribution in [0.25, 0.3) is 137 Å². The zero-order valence-electron chi connectivity index (χ0n) is 37.5. The predicted octanol–water partition coefficient (Wildman–Crippen LogP) is 16.5. The lowest BCUT2D eigenvalue weighted by molar-refractivity contribution is 1.08. The molecule has 5 heterocycles. The molecule has 70 heavy (non-hydrogen) atoms. The third kappa shape index (κ3) is 5.64. The molecule has 0 spiro atoms.